The number of nitrogens with zero attached hydrogens (tertiary/aromatic N) is 4. The minimum atomic E-state index is -0.123. The molecule has 0 N–H and O–H groups in total. The van der Waals surface area contributed by atoms with Crippen molar-refractivity contribution in [3.05, 3.63) is 71.4 Å². The third kappa shape index (κ3) is 3.96. The zero-order valence-corrected chi connectivity index (χ0v) is 17.6. The monoisotopic (exact) mass is 388 g/mol. The molecule has 0 unspecified atom stereocenters. The third-order valence-electron chi connectivity index (χ3n) is 5.76. The molecule has 150 valence electrons. The molecule has 1 fully saturated rings. The molecule has 1 aromatic heterocycles. The lowest BCUT2D eigenvalue weighted by Gasteiger charge is -2.37. The SMILES string of the molecule is Cc1ccc(-n2cc(CN3CCN(C)C(=O)[C@H]3C)c(-c3cccc(C)c3)n2)cc1. The van der Waals surface area contributed by atoms with Crippen LogP contribution >= 0.6 is 0 Å². The fourth-order valence-electron chi connectivity index (χ4n) is 3.88. The Morgan fingerprint density at radius 3 is 2.52 bits per heavy atom. The highest BCUT2D eigenvalue weighted by Gasteiger charge is 2.30. The van der Waals surface area contributed by atoms with Crippen molar-refractivity contribution in [3.8, 4) is 16.9 Å². The van der Waals surface area contributed by atoms with Crippen molar-refractivity contribution in [2.45, 2.75) is 33.4 Å². The molecule has 1 atom stereocenters. The lowest BCUT2D eigenvalue weighted by molar-refractivity contribution is -0.139. The van der Waals surface area contributed by atoms with E-state index in [2.05, 4.69) is 73.5 Å². The van der Waals surface area contributed by atoms with Gasteiger partial charge in [-0.2, -0.15) is 5.10 Å². The molecule has 5 nitrogen and oxygen atoms in total. The van der Waals surface area contributed by atoms with Crippen LogP contribution in [0.2, 0.25) is 0 Å². The van der Waals surface area contributed by atoms with E-state index in [-0.39, 0.29) is 11.9 Å². The Balaban J connectivity index is 1.73. The maximum absolute atomic E-state index is 12.4. The fraction of sp³-hybridized carbons (Fsp3) is 0.333. The van der Waals surface area contributed by atoms with Crippen molar-refractivity contribution in [2.24, 2.45) is 0 Å². The Kier molecular flexibility index (Phi) is 5.24. The van der Waals surface area contributed by atoms with Crippen LogP contribution in [0.5, 0.6) is 0 Å². The summed E-state index contributed by atoms with van der Waals surface area (Å²) in [5, 5.41) is 4.94. The molecule has 0 radical (unpaired) electrons. The van der Waals surface area contributed by atoms with Gasteiger partial charge in [0.2, 0.25) is 5.91 Å². The number of likely N-dealkylation sites (N-methyl/N-ethyl adjacent to an activating group) is 1. The van der Waals surface area contributed by atoms with E-state index in [4.69, 9.17) is 5.10 Å². The maximum Gasteiger partial charge on any atom is 0.239 e. The molecule has 29 heavy (non-hydrogen) atoms. The van der Waals surface area contributed by atoms with Gasteiger partial charge in [-0.15, -0.1) is 0 Å². The average Bonchev–Trinajstić information content (AvgIpc) is 3.13. The summed E-state index contributed by atoms with van der Waals surface area (Å²) in [4.78, 5) is 16.5. The van der Waals surface area contributed by atoms with Gasteiger partial charge in [-0.3, -0.25) is 9.69 Å². The molecule has 1 aliphatic rings. The van der Waals surface area contributed by atoms with E-state index < -0.39 is 0 Å². The highest BCUT2D eigenvalue weighted by atomic mass is 16.2. The van der Waals surface area contributed by atoms with Crippen LogP contribution in [0.1, 0.15) is 23.6 Å². The van der Waals surface area contributed by atoms with Crippen molar-refractivity contribution in [3.63, 3.8) is 0 Å². The number of hydrogen-bond acceptors (Lipinski definition) is 3. The smallest absolute Gasteiger partial charge is 0.239 e. The fourth-order valence-corrected chi connectivity index (χ4v) is 3.88. The summed E-state index contributed by atoms with van der Waals surface area (Å²) >= 11 is 0. The zero-order valence-electron chi connectivity index (χ0n) is 17.6. The summed E-state index contributed by atoms with van der Waals surface area (Å²) in [5.74, 6) is 0.180. The Hall–Kier alpha value is -2.92. The number of piperazine rings is 1. The molecule has 0 saturated carbocycles. The van der Waals surface area contributed by atoms with Crippen LogP contribution in [0, 0.1) is 13.8 Å². The topological polar surface area (TPSA) is 41.4 Å². The molecule has 5 heteroatoms. The lowest BCUT2D eigenvalue weighted by Crippen LogP contribution is -2.53. The predicted molar refractivity (Wildman–Crippen MR) is 116 cm³/mol. The number of carbonyl (C=O) groups excluding carboxylic acids is 1. The van der Waals surface area contributed by atoms with Gasteiger partial charge in [0, 0.05) is 44.0 Å². The first-order chi connectivity index (χ1) is 13.9. The van der Waals surface area contributed by atoms with Crippen LogP contribution in [-0.2, 0) is 11.3 Å². The van der Waals surface area contributed by atoms with Gasteiger partial charge in [-0.05, 0) is 39.0 Å². The maximum atomic E-state index is 12.4. The van der Waals surface area contributed by atoms with Crippen LogP contribution in [0.25, 0.3) is 16.9 Å². The molecule has 2 heterocycles. The van der Waals surface area contributed by atoms with Gasteiger partial charge >= 0.3 is 0 Å². The molecule has 1 aliphatic heterocycles. The summed E-state index contributed by atoms with van der Waals surface area (Å²) < 4.78 is 1.95. The van der Waals surface area contributed by atoms with Gasteiger partial charge in [-0.25, -0.2) is 4.68 Å². The van der Waals surface area contributed by atoms with Crippen molar-refractivity contribution in [1.29, 1.82) is 0 Å². The van der Waals surface area contributed by atoms with Crippen molar-refractivity contribution >= 4 is 5.91 Å². The summed E-state index contributed by atoms with van der Waals surface area (Å²) in [5.41, 5.74) is 6.71. The van der Waals surface area contributed by atoms with Gasteiger partial charge in [0.05, 0.1) is 17.4 Å². The van der Waals surface area contributed by atoms with Crippen molar-refractivity contribution in [2.75, 3.05) is 20.1 Å². The highest BCUT2D eigenvalue weighted by molar-refractivity contribution is 5.82. The Bertz CT molecular complexity index is 1020. The van der Waals surface area contributed by atoms with Crippen LogP contribution in [0.3, 0.4) is 0 Å². The molecule has 4 rings (SSSR count). The third-order valence-corrected chi connectivity index (χ3v) is 5.76. The van der Waals surface area contributed by atoms with Crippen molar-refractivity contribution in [1.82, 2.24) is 19.6 Å². The number of amides is 1. The Labute approximate surface area is 172 Å². The van der Waals surface area contributed by atoms with Crippen LogP contribution in [0.4, 0.5) is 0 Å². The summed E-state index contributed by atoms with van der Waals surface area (Å²) in [6.07, 6.45) is 2.11. The second-order valence-corrected chi connectivity index (χ2v) is 8.06. The molecule has 0 spiro atoms. The Morgan fingerprint density at radius 1 is 1.03 bits per heavy atom. The number of rotatable bonds is 4. The van der Waals surface area contributed by atoms with Gasteiger partial charge in [0.1, 0.15) is 0 Å². The summed E-state index contributed by atoms with van der Waals surface area (Å²) in [6.45, 7) is 8.51. The van der Waals surface area contributed by atoms with Gasteiger partial charge in [-0.1, -0.05) is 41.5 Å². The predicted octanol–water partition coefficient (Wildman–Crippen LogP) is 3.82. The van der Waals surface area contributed by atoms with Crippen LogP contribution in [-0.4, -0.2) is 51.7 Å². The first-order valence-electron chi connectivity index (χ1n) is 10.1. The number of aromatic nitrogens is 2. The van der Waals surface area contributed by atoms with E-state index in [1.807, 2.05) is 23.6 Å². The number of aryl methyl sites for hydroxylation is 2. The standard InChI is InChI=1S/C24H28N4O/c1-17-8-10-22(11-9-17)28-16-21(15-27-13-12-26(4)24(29)19(27)3)23(25-28)20-7-5-6-18(2)14-20/h5-11,14,16,19H,12-13,15H2,1-4H3/t19-/m1/s1. The molecule has 2 aromatic carbocycles. The summed E-state index contributed by atoms with van der Waals surface area (Å²) in [6, 6.07) is 16.7. The van der Waals surface area contributed by atoms with E-state index >= 15 is 0 Å². The highest BCUT2D eigenvalue weighted by Crippen LogP contribution is 2.27. The van der Waals surface area contributed by atoms with Gasteiger partial charge in [0.25, 0.3) is 0 Å². The van der Waals surface area contributed by atoms with Gasteiger partial charge < -0.3 is 4.90 Å². The number of hydrogen-bond donors (Lipinski definition) is 0. The second-order valence-electron chi connectivity index (χ2n) is 8.06. The molecular weight excluding hydrogens is 360 g/mol. The van der Waals surface area contributed by atoms with E-state index in [0.717, 1.165) is 35.6 Å². The van der Waals surface area contributed by atoms with Crippen LogP contribution in [0.15, 0.2) is 54.7 Å². The minimum absolute atomic E-state index is 0.123. The largest absolute Gasteiger partial charge is 0.343 e. The number of carbonyl (C=O) groups is 1. The van der Waals surface area contributed by atoms with Gasteiger partial charge in [0.15, 0.2) is 0 Å². The zero-order chi connectivity index (χ0) is 20.5. The summed E-state index contributed by atoms with van der Waals surface area (Å²) in [7, 11) is 1.88. The molecule has 1 amide bonds. The quantitative estimate of drug-likeness (QED) is 0.682. The van der Waals surface area contributed by atoms with E-state index in [9.17, 15) is 4.79 Å². The minimum Gasteiger partial charge on any atom is -0.343 e. The molecular formula is C24H28N4O. The molecule has 0 bridgehead atoms. The molecule has 1 saturated heterocycles. The van der Waals surface area contributed by atoms with Crippen molar-refractivity contribution < 1.29 is 4.79 Å². The number of benzene rings is 2. The molecule has 0 aliphatic carbocycles. The first kappa shape index (κ1) is 19.4. The van der Waals surface area contributed by atoms with Crippen LogP contribution < -0.4 is 0 Å². The lowest BCUT2D eigenvalue weighted by atomic mass is 10.0. The second kappa shape index (κ2) is 7.84. The normalized spacial score (nSPS) is 17.7. The van der Waals surface area contributed by atoms with E-state index in [1.54, 1.807) is 0 Å². The Morgan fingerprint density at radius 2 is 1.79 bits per heavy atom. The van der Waals surface area contributed by atoms with E-state index in [1.165, 1.54) is 11.1 Å². The van der Waals surface area contributed by atoms with E-state index in [0.29, 0.717) is 6.54 Å². The molecule has 3 aromatic rings. The first-order valence-corrected chi connectivity index (χ1v) is 10.1. The average molecular weight is 389 g/mol.